The molecular weight excluding hydrogens is 322 g/mol. The number of ether oxygens (including phenoxy) is 1. The van der Waals surface area contributed by atoms with Crippen LogP contribution in [-0.4, -0.2) is 15.9 Å². The molecule has 0 bridgehead atoms. The normalized spacial score (nSPS) is 11.0. The Morgan fingerprint density at radius 3 is 2.54 bits per heavy atom. The molecule has 0 aliphatic carbocycles. The molecule has 0 unspecified atom stereocenters. The number of nitrogens with zero attached hydrogens (tertiary/aromatic N) is 2. The van der Waals surface area contributed by atoms with Crippen molar-refractivity contribution in [3.63, 3.8) is 0 Å². The van der Waals surface area contributed by atoms with Crippen molar-refractivity contribution in [2.45, 2.75) is 27.7 Å². The Kier molecular flexibility index (Phi) is 4.49. The maximum absolute atomic E-state index is 11.7. The summed E-state index contributed by atoms with van der Waals surface area (Å²) in [5, 5.41) is 5.86. The Morgan fingerprint density at radius 1 is 1.17 bits per heavy atom. The highest BCUT2D eigenvalue weighted by Crippen LogP contribution is 2.33. The Labute approximate surface area is 144 Å². The summed E-state index contributed by atoms with van der Waals surface area (Å²) in [5.74, 6) is 1.85. The first-order valence-electron chi connectivity index (χ1n) is 7.75. The maximum atomic E-state index is 11.7. The van der Waals surface area contributed by atoms with Gasteiger partial charge in [0.05, 0.1) is 5.39 Å². The number of aryl methyl sites for hydroxylation is 2. The second-order valence-electron chi connectivity index (χ2n) is 5.95. The topological polar surface area (TPSA) is 64.1 Å². The number of hydrogen-bond donors (Lipinski definition) is 1. The zero-order chi connectivity index (χ0) is 17.3. The molecule has 6 heteroatoms. The van der Waals surface area contributed by atoms with E-state index in [1.54, 1.807) is 11.3 Å². The van der Waals surface area contributed by atoms with E-state index < -0.39 is 0 Å². The van der Waals surface area contributed by atoms with Crippen molar-refractivity contribution >= 4 is 33.1 Å². The van der Waals surface area contributed by atoms with Crippen LogP contribution in [-0.2, 0) is 4.79 Å². The van der Waals surface area contributed by atoms with Crippen LogP contribution in [0.4, 0.5) is 5.69 Å². The van der Waals surface area contributed by atoms with Crippen molar-refractivity contribution in [2.75, 3.05) is 5.32 Å². The number of aromatic nitrogens is 2. The highest BCUT2D eigenvalue weighted by molar-refractivity contribution is 7.17. The van der Waals surface area contributed by atoms with Gasteiger partial charge in [0.2, 0.25) is 11.8 Å². The molecule has 124 valence electrons. The molecule has 0 aliphatic heterocycles. The number of amides is 1. The molecule has 0 saturated carbocycles. The predicted octanol–water partition coefficient (Wildman–Crippen LogP) is 4.69. The fourth-order valence-electron chi connectivity index (χ4n) is 2.23. The molecule has 0 radical (unpaired) electrons. The third-order valence-corrected chi connectivity index (χ3v) is 4.55. The van der Waals surface area contributed by atoms with E-state index in [0.717, 1.165) is 21.5 Å². The number of benzene rings is 1. The minimum Gasteiger partial charge on any atom is -0.438 e. The lowest BCUT2D eigenvalue weighted by Gasteiger charge is -2.10. The van der Waals surface area contributed by atoms with Gasteiger partial charge in [0.1, 0.15) is 16.4 Å². The lowest BCUT2D eigenvalue weighted by Crippen LogP contribution is -2.17. The van der Waals surface area contributed by atoms with E-state index >= 15 is 0 Å². The van der Waals surface area contributed by atoms with Gasteiger partial charge in [-0.05, 0) is 49.1 Å². The molecule has 0 saturated heterocycles. The number of fused-ring (bicyclic) bond motifs is 1. The van der Waals surface area contributed by atoms with Crippen molar-refractivity contribution in [1.29, 1.82) is 0 Å². The van der Waals surface area contributed by atoms with Gasteiger partial charge in [0.25, 0.3) is 0 Å². The van der Waals surface area contributed by atoms with E-state index in [1.165, 1.54) is 0 Å². The lowest BCUT2D eigenvalue weighted by molar-refractivity contribution is -0.118. The van der Waals surface area contributed by atoms with Crippen molar-refractivity contribution in [1.82, 2.24) is 9.97 Å². The summed E-state index contributed by atoms with van der Waals surface area (Å²) in [6.45, 7) is 7.60. The second kappa shape index (κ2) is 6.57. The van der Waals surface area contributed by atoms with Crippen molar-refractivity contribution in [3.05, 3.63) is 41.0 Å². The van der Waals surface area contributed by atoms with Gasteiger partial charge in [-0.3, -0.25) is 4.79 Å². The van der Waals surface area contributed by atoms with E-state index in [1.807, 2.05) is 52.0 Å². The third kappa shape index (κ3) is 3.38. The summed E-state index contributed by atoms with van der Waals surface area (Å²) in [4.78, 5) is 21.5. The molecule has 3 aromatic rings. The number of hydrogen-bond acceptors (Lipinski definition) is 5. The second-order valence-corrected chi connectivity index (χ2v) is 6.80. The number of carbonyl (C=O) groups excluding carboxylic acids is 1. The van der Waals surface area contributed by atoms with Crippen LogP contribution in [0.5, 0.6) is 11.6 Å². The molecule has 3 rings (SSSR count). The minimum atomic E-state index is -0.0558. The summed E-state index contributed by atoms with van der Waals surface area (Å²) in [6.07, 6.45) is 0. The van der Waals surface area contributed by atoms with Crippen LogP contribution in [0.2, 0.25) is 0 Å². The van der Waals surface area contributed by atoms with Gasteiger partial charge in [-0.25, -0.2) is 4.98 Å². The molecule has 1 amide bonds. The quantitative estimate of drug-likeness (QED) is 0.747. The fraction of sp³-hybridized carbons (Fsp3) is 0.278. The monoisotopic (exact) mass is 341 g/mol. The lowest BCUT2D eigenvalue weighted by atomic mass is 10.2. The predicted molar refractivity (Wildman–Crippen MR) is 96.9 cm³/mol. The smallest absolute Gasteiger partial charge is 0.231 e. The first-order chi connectivity index (χ1) is 11.4. The average Bonchev–Trinajstić information content (AvgIpc) is 2.90. The summed E-state index contributed by atoms with van der Waals surface area (Å²) in [5.41, 5.74) is 1.85. The van der Waals surface area contributed by atoms with E-state index in [4.69, 9.17) is 4.74 Å². The van der Waals surface area contributed by atoms with Gasteiger partial charge in [-0.1, -0.05) is 13.8 Å². The van der Waals surface area contributed by atoms with Crippen LogP contribution in [0.3, 0.4) is 0 Å². The molecule has 1 N–H and O–H groups in total. The van der Waals surface area contributed by atoms with Crippen LogP contribution in [0.1, 0.15) is 25.2 Å². The highest BCUT2D eigenvalue weighted by Gasteiger charge is 2.13. The van der Waals surface area contributed by atoms with Gasteiger partial charge in [0.15, 0.2) is 0 Å². The van der Waals surface area contributed by atoms with Crippen LogP contribution in [0, 0.1) is 19.8 Å². The van der Waals surface area contributed by atoms with Crippen LogP contribution < -0.4 is 10.1 Å². The largest absolute Gasteiger partial charge is 0.438 e. The third-order valence-electron chi connectivity index (χ3n) is 3.56. The molecule has 0 spiro atoms. The van der Waals surface area contributed by atoms with E-state index in [0.29, 0.717) is 17.5 Å². The minimum absolute atomic E-state index is 0.00861. The maximum Gasteiger partial charge on any atom is 0.231 e. The molecule has 0 fully saturated rings. The van der Waals surface area contributed by atoms with Crippen LogP contribution in [0.25, 0.3) is 10.2 Å². The number of carbonyl (C=O) groups is 1. The van der Waals surface area contributed by atoms with Crippen molar-refractivity contribution in [3.8, 4) is 11.6 Å². The number of thiophene rings is 1. The van der Waals surface area contributed by atoms with E-state index in [-0.39, 0.29) is 11.8 Å². The molecular formula is C18H19N3O2S. The van der Waals surface area contributed by atoms with Gasteiger partial charge >= 0.3 is 0 Å². The SMILES string of the molecule is Cc1nc(Oc2ccc(NC(=O)C(C)C)cc2)c2c(C)csc2n1. The Balaban J connectivity index is 1.84. The van der Waals surface area contributed by atoms with E-state index in [9.17, 15) is 4.79 Å². The first kappa shape index (κ1) is 16.4. The molecule has 5 nitrogen and oxygen atoms in total. The molecule has 2 heterocycles. The van der Waals surface area contributed by atoms with Crippen LogP contribution in [0.15, 0.2) is 29.6 Å². The highest BCUT2D eigenvalue weighted by atomic mass is 32.1. The first-order valence-corrected chi connectivity index (χ1v) is 8.63. The van der Waals surface area contributed by atoms with Crippen molar-refractivity contribution < 1.29 is 9.53 Å². The average molecular weight is 341 g/mol. The Morgan fingerprint density at radius 2 is 1.88 bits per heavy atom. The van der Waals surface area contributed by atoms with Crippen molar-refractivity contribution in [2.24, 2.45) is 5.92 Å². The van der Waals surface area contributed by atoms with Gasteiger partial charge in [-0.15, -0.1) is 11.3 Å². The molecule has 1 aromatic carbocycles. The van der Waals surface area contributed by atoms with Gasteiger partial charge in [0, 0.05) is 11.6 Å². The summed E-state index contributed by atoms with van der Waals surface area (Å²) >= 11 is 1.59. The molecule has 0 aliphatic rings. The van der Waals surface area contributed by atoms with E-state index in [2.05, 4.69) is 20.7 Å². The standard InChI is InChI=1S/C18H19N3O2S/c1-10(2)16(22)21-13-5-7-14(8-6-13)23-17-15-11(3)9-24-18(15)20-12(4)19-17/h5-10H,1-4H3,(H,21,22). The number of anilines is 1. The zero-order valence-corrected chi connectivity index (χ0v) is 14.9. The number of nitrogens with one attached hydrogen (secondary N) is 1. The Bertz CT molecular complexity index is 885. The summed E-state index contributed by atoms with van der Waals surface area (Å²) in [7, 11) is 0. The molecule has 2 aromatic heterocycles. The van der Waals surface area contributed by atoms with Gasteiger partial charge in [-0.2, -0.15) is 4.98 Å². The molecule has 0 atom stereocenters. The molecule has 24 heavy (non-hydrogen) atoms. The van der Waals surface area contributed by atoms with Crippen LogP contribution >= 0.6 is 11.3 Å². The number of rotatable bonds is 4. The Hall–Kier alpha value is -2.47. The van der Waals surface area contributed by atoms with Gasteiger partial charge < -0.3 is 10.1 Å². The fourth-order valence-corrected chi connectivity index (χ4v) is 3.18. The zero-order valence-electron chi connectivity index (χ0n) is 14.1. The summed E-state index contributed by atoms with van der Waals surface area (Å²) in [6, 6.07) is 7.28. The summed E-state index contributed by atoms with van der Waals surface area (Å²) < 4.78 is 5.96.